The van der Waals surface area contributed by atoms with Crippen LogP contribution in [0.4, 0.5) is 18.3 Å². The van der Waals surface area contributed by atoms with E-state index in [0.717, 1.165) is 48.0 Å². The Morgan fingerprint density at radius 3 is 2.79 bits per heavy atom. The van der Waals surface area contributed by atoms with Crippen LogP contribution in [0.1, 0.15) is 18.4 Å². The van der Waals surface area contributed by atoms with E-state index in [0.29, 0.717) is 23.1 Å². The van der Waals surface area contributed by atoms with Crippen LogP contribution in [0.3, 0.4) is 0 Å². The van der Waals surface area contributed by atoms with E-state index in [4.69, 9.17) is 4.74 Å². The number of piperidine rings is 1. The van der Waals surface area contributed by atoms with Gasteiger partial charge in [0, 0.05) is 19.6 Å². The third-order valence-electron chi connectivity index (χ3n) is 4.82. The molecule has 1 fully saturated rings. The van der Waals surface area contributed by atoms with Gasteiger partial charge in [0.05, 0.1) is 18.2 Å². The molecule has 2 N–H and O–H groups in total. The van der Waals surface area contributed by atoms with Crippen LogP contribution in [0, 0.1) is 0 Å². The fourth-order valence-electron chi connectivity index (χ4n) is 3.37. The summed E-state index contributed by atoms with van der Waals surface area (Å²) in [6.45, 7) is 1.94. The van der Waals surface area contributed by atoms with Crippen molar-refractivity contribution in [3.8, 4) is 17.1 Å². The van der Waals surface area contributed by atoms with Gasteiger partial charge in [-0.3, -0.25) is 0 Å². The molecule has 1 atom stereocenters. The Morgan fingerprint density at radius 2 is 2.14 bits per heavy atom. The van der Waals surface area contributed by atoms with E-state index < -0.39 is 11.7 Å². The number of benzene rings is 1. The zero-order valence-corrected chi connectivity index (χ0v) is 16.2. The molecule has 10 heteroatoms. The second-order valence-electron chi connectivity index (χ2n) is 6.74. The molecule has 2 aromatic heterocycles. The number of imidazole rings is 1. The molecule has 6 nitrogen and oxygen atoms in total. The van der Waals surface area contributed by atoms with Gasteiger partial charge in [-0.05, 0) is 37.6 Å². The van der Waals surface area contributed by atoms with Crippen LogP contribution in [-0.2, 0) is 13.2 Å². The van der Waals surface area contributed by atoms with Crippen molar-refractivity contribution in [3.63, 3.8) is 0 Å². The Balaban J connectivity index is 1.66. The minimum atomic E-state index is -4.43. The molecular weight excluding hydrogens is 391 g/mol. The van der Waals surface area contributed by atoms with Crippen molar-refractivity contribution in [2.24, 2.45) is 7.05 Å². The molecule has 3 heterocycles. The lowest BCUT2D eigenvalue weighted by Crippen LogP contribution is -2.38. The Kier molecular flexibility index (Phi) is 4.92. The number of halogens is 3. The molecule has 150 valence electrons. The van der Waals surface area contributed by atoms with Gasteiger partial charge in [-0.1, -0.05) is 11.3 Å². The number of alkyl halides is 3. The van der Waals surface area contributed by atoms with Crippen molar-refractivity contribution >= 4 is 26.9 Å². The van der Waals surface area contributed by atoms with Gasteiger partial charge in [0.15, 0.2) is 10.8 Å². The lowest BCUT2D eigenvalue weighted by molar-refractivity contribution is -0.137. The van der Waals surface area contributed by atoms with Crippen molar-refractivity contribution < 1.29 is 17.9 Å². The normalized spacial score (nSPS) is 17.8. The molecule has 1 aliphatic heterocycles. The number of aryl methyl sites for hydroxylation is 1. The van der Waals surface area contributed by atoms with Crippen molar-refractivity contribution in [1.29, 1.82) is 0 Å². The predicted octanol–water partition coefficient (Wildman–Crippen LogP) is 3.89. The number of ether oxygens (including phenoxy) is 1. The summed E-state index contributed by atoms with van der Waals surface area (Å²) in [6, 6.07) is 3.76. The van der Waals surface area contributed by atoms with Crippen LogP contribution in [-0.4, -0.2) is 40.8 Å². The molecule has 3 aromatic rings. The lowest BCUT2D eigenvalue weighted by Gasteiger charge is -2.23. The van der Waals surface area contributed by atoms with E-state index in [9.17, 15) is 13.2 Å². The minimum Gasteiger partial charge on any atom is -0.496 e. The highest BCUT2D eigenvalue weighted by molar-refractivity contribution is 7.21. The van der Waals surface area contributed by atoms with Crippen LogP contribution in [0.15, 0.2) is 18.2 Å². The number of aromatic nitrogens is 3. The molecule has 28 heavy (non-hydrogen) atoms. The molecule has 0 unspecified atom stereocenters. The molecule has 0 saturated carbocycles. The second kappa shape index (κ2) is 7.25. The van der Waals surface area contributed by atoms with E-state index in [-0.39, 0.29) is 5.75 Å². The highest BCUT2D eigenvalue weighted by Gasteiger charge is 2.32. The Bertz CT molecular complexity index is 991. The monoisotopic (exact) mass is 411 g/mol. The third kappa shape index (κ3) is 3.53. The van der Waals surface area contributed by atoms with Gasteiger partial charge in [-0.15, -0.1) is 0 Å². The first-order chi connectivity index (χ1) is 13.4. The number of rotatable bonds is 4. The van der Waals surface area contributed by atoms with Gasteiger partial charge in [-0.2, -0.15) is 18.2 Å². The molecule has 1 aromatic carbocycles. The van der Waals surface area contributed by atoms with Crippen molar-refractivity contribution in [2.45, 2.75) is 25.1 Å². The van der Waals surface area contributed by atoms with Crippen molar-refractivity contribution in [1.82, 2.24) is 19.9 Å². The summed E-state index contributed by atoms with van der Waals surface area (Å²) >= 11 is 1.48. The quantitative estimate of drug-likeness (QED) is 0.682. The van der Waals surface area contributed by atoms with E-state index in [1.54, 1.807) is 0 Å². The number of nitrogens with one attached hydrogen (secondary N) is 2. The number of hydrogen-bond donors (Lipinski definition) is 2. The summed E-state index contributed by atoms with van der Waals surface area (Å²) < 4.78 is 46.0. The molecule has 0 aliphatic carbocycles. The predicted molar refractivity (Wildman–Crippen MR) is 103 cm³/mol. The second-order valence-corrected chi connectivity index (χ2v) is 7.72. The summed E-state index contributed by atoms with van der Waals surface area (Å²) in [5.41, 5.74) is 0.305. The number of hydrogen-bond acceptors (Lipinski definition) is 6. The van der Waals surface area contributed by atoms with Gasteiger partial charge >= 0.3 is 6.18 Å². The summed E-state index contributed by atoms with van der Waals surface area (Å²) in [5.74, 6) is 0.646. The smallest absolute Gasteiger partial charge is 0.416 e. The molecule has 0 amide bonds. The van der Waals surface area contributed by atoms with Gasteiger partial charge in [-0.25, -0.2) is 4.98 Å². The summed E-state index contributed by atoms with van der Waals surface area (Å²) in [6.07, 6.45) is -2.22. The van der Waals surface area contributed by atoms with E-state index in [1.807, 2.05) is 11.6 Å². The van der Waals surface area contributed by atoms with Gasteiger partial charge in [0.1, 0.15) is 16.4 Å². The van der Waals surface area contributed by atoms with Crippen LogP contribution in [0.2, 0.25) is 0 Å². The first-order valence-corrected chi connectivity index (χ1v) is 9.74. The van der Waals surface area contributed by atoms with Crippen LogP contribution < -0.4 is 15.4 Å². The third-order valence-corrected chi connectivity index (χ3v) is 5.87. The molecule has 0 spiro atoms. The Hall–Kier alpha value is -2.33. The van der Waals surface area contributed by atoms with Gasteiger partial charge in [0.2, 0.25) is 0 Å². The zero-order chi connectivity index (χ0) is 19.9. The van der Waals surface area contributed by atoms with Crippen LogP contribution in [0.25, 0.3) is 21.9 Å². The summed E-state index contributed by atoms with van der Waals surface area (Å²) in [5, 5.41) is 7.58. The summed E-state index contributed by atoms with van der Waals surface area (Å²) in [4.78, 5) is 9.95. The maximum Gasteiger partial charge on any atom is 0.416 e. The standard InChI is InChI=1S/C18H20F3N5OS/c1-26-15(12-6-5-10(18(19,20)21)8-13(12)27-2)24-14-16(26)28-17(25-14)23-11-4-3-7-22-9-11/h5-6,8,11,22H,3-4,7,9H2,1-2H3,(H,23,25)/t11-/m1/s1. The topological polar surface area (TPSA) is 64.0 Å². The first-order valence-electron chi connectivity index (χ1n) is 8.93. The Labute approximate surface area is 163 Å². The molecule has 1 saturated heterocycles. The Morgan fingerprint density at radius 1 is 1.32 bits per heavy atom. The molecule has 1 aliphatic rings. The zero-order valence-electron chi connectivity index (χ0n) is 15.4. The highest BCUT2D eigenvalue weighted by atomic mass is 32.1. The molecule has 4 rings (SSSR count). The SMILES string of the molecule is COc1cc(C(F)(F)F)ccc1-c1nc2nc(N[C@@H]3CCCNC3)sc2n1C. The lowest BCUT2D eigenvalue weighted by atomic mass is 10.1. The fourth-order valence-corrected chi connectivity index (χ4v) is 4.32. The van der Waals surface area contributed by atoms with Crippen molar-refractivity contribution in [2.75, 3.05) is 25.5 Å². The van der Waals surface area contributed by atoms with E-state index in [1.165, 1.54) is 24.5 Å². The molecule has 0 bridgehead atoms. The average molecular weight is 411 g/mol. The maximum atomic E-state index is 13.0. The largest absolute Gasteiger partial charge is 0.496 e. The number of fused-ring (bicyclic) bond motifs is 1. The van der Waals surface area contributed by atoms with E-state index >= 15 is 0 Å². The molecule has 0 radical (unpaired) electrons. The molecular formula is C18H20F3N5OS. The van der Waals surface area contributed by atoms with Gasteiger partial charge < -0.3 is 19.9 Å². The number of nitrogens with zero attached hydrogens (tertiary/aromatic N) is 3. The van der Waals surface area contributed by atoms with Crippen molar-refractivity contribution in [3.05, 3.63) is 23.8 Å². The highest BCUT2D eigenvalue weighted by Crippen LogP contribution is 2.38. The minimum absolute atomic E-state index is 0.127. The fraction of sp³-hybridized carbons (Fsp3) is 0.444. The van der Waals surface area contributed by atoms with Crippen LogP contribution >= 0.6 is 11.3 Å². The van der Waals surface area contributed by atoms with Gasteiger partial charge in [0.25, 0.3) is 0 Å². The number of anilines is 1. The number of thiazole rings is 1. The number of methoxy groups -OCH3 is 1. The van der Waals surface area contributed by atoms with Crippen LogP contribution in [0.5, 0.6) is 5.75 Å². The van der Waals surface area contributed by atoms with E-state index in [2.05, 4.69) is 20.6 Å². The first kappa shape index (κ1) is 19.0. The summed E-state index contributed by atoms with van der Waals surface area (Å²) in [7, 11) is 3.18. The maximum absolute atomic E-state index is 13.0. The average Bonchev–Trinajstić information content (AvgIpc) is 3.20.